The van der Waals surface area contributed by atoms with E-state index in [0.29, 0.717) is 5.92 Å². The Kier molecular flexibility index (Phi) is 3.92. The molecule has 0 spiro atoms. The van der Waals surface area contributed by atoms with Crippen LogP contribution in [0.5, 0.6) is 0 Å². The van der Waals surface area contributed by atoms with Crippen LogP contribution in [0.4, 0.5) is 5.69 Å². The normalized spacial score (nSPS) is 21.1. The van der Waals surface area contributed by atoms with Crippen molar-refractivity contribution in [2.24, 2.45) is 5.92 Å². The minimum atomic E-state index is 0.104. The first-order chi connectivity index (χ1) is 9.74. The van der Waals surface area contributed by atoms with Gasteiger partial charge in [0.1, 0.15) is 0 Å². The third-order valence-electron chi connectivity index (χ3n) is 4.20. The predicted molar refractivity (Wildman–Crippen MR) is 79.1 cm³/mol. The molecule has 1 amide bonds. The third-order valence-corrected chi connectivity index (χ3v) is 4.20. The summed E-state index contributed by atoms with van der Waals surface area (Å²) in [5.41, 5.74) is 3.20. The van der Waals surface area contributed by atoms with Crippen LogP contribution in [0.1, 0.15) is 28.8 Å². The van der Waals surface area contributed by atoms with Crippen molar-refractivity contribution in [2.75, 3.05) is 38.7 Å². The van der Waals surface area contributed by atoms with Gasteiger partial charge in [0.25, 0.3) is 5.91 Å². The highest BCUT2D eigenvalue weighted by Gasteiger charge is 2.20. The minimum absolute atomic E-state index is 0.104. The molecule has 20 heavy (non-hydrogen) atoms. The fourth-order valence-electron chi connectivity index (χ4n) is 3.07. The number of hydrogen-bond donors (Lipinski definition) is 1. The van der Waals surface area contributed by atoms with Crippen LogP contribution < -0.4 is 5.32 Å². The van der Waals surface area contributed by atoms with E-state index in [1.54, 1.807) is 0 Å². The average molecular weight is 274 g/mol. The zero-order valence-electron chi connectivity index (χ0n) is 12.0. The quantitative estimate of drug-likeness (QED) is 0.918. The number of carbonyl (C=O) groups is 1. The van der Waals surface area contributed by atoms with Gasteiger partial charge >= 0.3 is 0 Å². The zero-order valence-corrected chi connectivity index (χ0v) is 12.0. The number of nitrogens with one attached hydrogen (secondary N) is 1. The maximum Gasteiger partial charge on any atom is 0.253 e. The van der Waals surface area contributed by atoms with Crippen molar-refractivity contribution in [2.45, 2.75) is 19.3 Å². The van der Waals surface area contributed by atoms with Crippen LogP contribution in [-0.4, -0.2) is 44.2 Å². The van der Waals surface area contributed by atoms with Crippen molar-refractivity contribution in [3.05, 3.63) is 29.3 Å². The lowest BCUT2D eigenvalue weighted by Crippen LogP contribution is -2.35. The summed E-state index contributed by atoms with van der Waals surface area (Å²) in [7, 11) is 1.89. The van der Waals surface area contributed by atoms with Crippen LogP contribution in [0.25, 0.3) is 0 Å². The Morgan fingerprint density at radius 3 is 3.20 bits per heavy atom. The van der Waals surface area contributed by atoms with E-state index in [9.17, 15) is 4.79 Å². The van der Waals surface area contributed by atoms with E-state index in [0.717, 1.165) is 56.8 Å². The summed E-state index contributed by atoms with van der Waals surface area (Å²) in [6, 6.07) is 6.00. The fourth-order valence-corrected chi connectivity index (χ4v) is 3.07. The molecule has 1 N–H and O–H groups in total. The summed E-state index contributed by atoms with van der Waals surface area (Å²) in [5, 5.41) is 3.32. The Bertz CT molecular complexity index is 495. The topological polar surface area (TPSA) is 41.6 Å². The molecule has 1 aromatic rings. The number of fused-ring (bicyclic) bond motifs is 1. The molecule has 0 saturated carbocycles. The van der Waals surface area contributed by atoms with Crippen LogP contribution in [0.2, 0.25) is 0 Å². The van der Waals surface area contributed by atoms with Crippen LogP contribution in [0, 0.1) is 5.92 Å². The number of amides is 1. The molecule has 108 valence electrons. The lowest BCUT2D eigenvalue weighted by atomic mass is 10.0. The first-order valence-corrected chi connectivity index (χ1v) is 7.44. The molecule has 1 atom stereocenters. The monoisotopic (exact) mass is 274 g/mol. The van der Waals surface area contributed by atoms with Crippen molar-refractivity contribution in [3.63, 3.8) is 0 Å². The molecule has 0 aliphatic carbocycles. The van der Waals surface area contributed by atoms with E-state index in [4.69, 9.17) is 4.74 Å². The molecule has 3 rings (SSSR count). The number of rotatable bonds is 3. The second-order valence-electron chi connectivity index (χ2n) is 5.82. The Hall–Kier alpha value is -1.55. The number of anilines is 1. The first-order valence-electron chi connectivity index (χ1n) is 7.44. The van der Waals surface area contributed by atoms with Crippen LogP contribution in [-0.2, 0) is 11.2 Å². The first kappa shape index (κ1) is 13.4. The molecule has 2 aliphatic rings. The molecule has 0 radical (unpaired) electrons. The van der Waals surface area contributed by atoms with E-state index >= 15 is 0 Å². The van der Waals surface area contributed by atoms with Gasteiger partial charge in [-0.2, -0.15) is 0 Å². The Morgan fingerprint density at radius 1 is 1.50 bits per heavy atom. The standard InChI is InChI=1S/C16H22N2O2/c1-18(10-12-3-2-8-20-11-12)16(19)14-5-4-13-6-7-17-15(13)9-14/h4-5,9,12,17H,2-3,6-8,10-11H2,1H3. The van der Waals surface area contributed by atoms with Crippen molar-refractivity contribution < 1.29 is 9.53 Å². The van der Waals surface area contributed by atoms with Gasteiger partial charge in [0.05, 0.1) is 6.61 Å². The largest absolute Gasteiger partial charge is 0.384 e. The van der Waals surface area contributed by atoms with E-state index in [1.807, 2.05) is 24.1 Å². The fraction of sp³-hybridized carbons (Fsp3) is 0.562. The summed E-state index contributed by atoms with van der Waals surface area (Å²) in [6.07, 6.45) is 3.32. The van der Waals surface area contributed by atoms with Gasteiger partial charge in [-0.25, -0.2) is 0 Å². The number of hydrogen-bond acceptors (Lipinski definition) is 3. The number of benzene rings is 1. The van der Waals surface area contributed by atoms with Gasteiger partial charge in [-0.1, -0.05) is 6.07 Å². The van der Waals surface area contributed by atoms with Gasteiger partial charge in [0, 0.05) is 38.0 Å². The maximum atomic E-state index is 12.5. The molecule has 4 nitrogen and oxygen atoms in total. The Morgan fingerprint density at radius 2 is 2.40 bits per heavy atom. The van der Waals surface area contributed by atoms with Gasteiger partial charge in [0.2, 0.25) is 0 Å². The summed E-state index contributed by atoms with van der Waals surface area (Å²) >= 11 is 0. The lowest BCUT2D eigenvalue weighted by molar-refractivity contribution is 0.0388. The van der Waals surface area contributed by atoms with Crippen molar-refractivity contribution in [1.29, 1.82) is 0 Å². The van der Waals surface area contributed by atoms with Crippen LogP contribution >= 0.6 is 0 Å². The Labute approximate surface area is 120 Å². The molecule has 2 aliphatic heterocycles. The molecule has 0 aromatic heterocycles. The van der Waals surface area contributed by atoms with E-state index in [2.05, 4.69) is 11.4 Å². The maximum absolute atomic E-state index is 12.5. The SMILES string of the molecule is CN(CC1CCCOC1)C(=O)c1ccc2c(c1)NCC2. The van der Waals surface area contributed by atoms with Gasteiger partial charge in [-0.3, -0.25) is 4.79 Å². The molecule has 4 heteroatoms. The smallest absolute Gasteiger partial charge is 0.253 e. The van der Waals surface area contributed by atoms with Gasteiger partial charge in [-0.15, -0.1) is 0 Å². The Balaban J connectivity index is 1.65. The predicted octanol–water partition coefficient (Wildman–Crippen LogP) is 2.15. The average Bonchev–Trinajstić information content (AvgIpc) is 2.94. The molecule has 0 bridgehead atoms. The van der Waals surface area contributed by atoms with E-state index in [1.165, 1.54) is 5.56 Å². The van der Waals surface area contributed by atoms with Crippen molar-refractivity contribution in [1.82, 2.24) is 4.90 Å². The number of ether oxygens (including phenoxy) is 1. The minimum Gasteiger partial charge on any atom is -0.384 e. The third kappa shape index (κ3) is 2.80. The molecule has 2 heterocycles. The molecular weight excluding hydrogens is 252 g/mol. The highest BCUT2D eigenvalue weighted by molar-refractivity contribution is 5.95. The summed E-state index contributed by atoms with van der Waals surface area (Å²) in [5.74, 6) is 0.581. The van der Waals surface area contributed by atoms with Crippen LogP contribution in [0.3, 0.4) is 0 Å². The highest BCUT2D eigenvalue weighted by atomic mass is 16.5. The number of carbonyl (C=O) groups excluding carboxylic acids is 1. The summed E-state index contributed by atoms with van der Waals surface area (Å²) < 4.78 is 5.48. The summed E-state index contributed by atoms with van der Waals surface area (Å²) in [4.78, 5) is 14.3. The molecule has 1 unspecified atom stereocenters. The molecule has 1 fully saturated rings. The van der Waals surface area contributed by atoms with Crippen molar-refractivity contribution >= 4 is 11.6 Å². The van der Waals surface area contributed by atoms with E-state index in [-0.39, 0.29) is 5.91 Å². The molecule has 1 aromatic carbocycles. The van der Waals surface area contributed by atoms with Gasteiger partial charge in [0.15, 0.2) is 0 Å². The van der Waals surface area contributed by atoms with E-state index < -0.39 is 0 Å². The van der Waals surface area contributed by atoms with Crippen molar-refractivity contribution in [3.8, 4) is 0 Å². The van der Waals surface area contributed by atoms with Crippen LogP contribution in [0.15, 0.2) is 18.2 Å². The zero-order chi connectivity index (χ0) is 13.9. The highest BCUT2D eigenvalue weighted by Crippen LogP contribution is 2.24. The molecular formula is C16H22N2O2. The lowest BCUT2D eigenvalue weighted by Gasteiger charge is -2.27. The second-order valence-corrected chi connectivity index (χ2v) is 5.82. The van der Waals surface area contributed by atoms with Gasteiger partial charge < -0.3 is 15.0 Å². The van der Waals surface area contributed by atoms with Gasteiger partial charge in [-0.05, 0) is 42.9 Å². The second kappa shape index (κ2) is 5.83. The number of nitrogens with zero attached hydrogens (tertiary/aromatic N) is 1. The molecule has 1 saturated heterocycles. The summed E-state index contributed by atoms with van der Waals surface area (Å²) in [6.45, 7) is 3.40.